The Bertz CT molecular complexity index is 114. The van der Waals surface area contributed by atoms with Crippen LogP contribution in [0.5, 0.6) is 0 Å². The number of rotatable bonds is 3. The molecule has 2 atom stereocenters. The van der Waals surface area contributed by atoms with E-state index >= 15 is 0 Å². The molecule has 0 aromatic rings. The van der Waals surface area contributed by atoms with Crippen molar-refractivity contribution in [3.8, 4) is 0 Å². The van der Waals surface area contributed by atoms with Gasteiger partial charge in [0.25, 0.3) is 0 Å². The summed E-state index contributed by atoms with van der Waals surface area (Å²) in [5.41, 5.74) is 0. The highest BCUT2D eigenvalue weighted by molar-refractivity contribution is 4.54. The molecule has 11 heavy (non-hydrogen) atoms. The lowest BCUT2D eigenvalue weighted by Gasteiger charge is -2.09. The van der Waals surface area contributed by atoms with E-state index in [2.05, 4.69) is 6.92 Å². The Kier molecular flexibility index (Phi) is 3.30. The van der Waals surface area contributed by atoms with Gasteiger partial charge in [0.1, 0.15) is 0 Å². The number of hydrogen-bond acceptors (Lipinski definition) is 3. The average molecular weight is 160 g/mol. The fourth-order valence-electron chi connectivity index (χ4n) is 0.932. The maximum atomic E-state index is 5.42. The molecule has 0 aliphatic carbocycles. The Morgan fingerprint density at radius 1 is 1.27 bits per heavy atom. The van der Waals surface area contributed by atoms with E-state index in [9.17, 15) is 0 Å². The van der Waals surface area contributed by atoms with E-state index in [1.54, 1.807) is 0 Å². The van der Waals surface area contributed by atoms with Crippen LogP contribution >= 0.6 is 0 Å². The van der Waals surface area contributed by atoms with Crippen LogP contribution in [-0.4, -0.2) is 12.6 Å². The molecule has 0 bridgehead atoms. The Morgan fingerprint density at radius 3 is 2.45 bits per heavy atom. The van der Waals surface area contributed by atoms with Crippen LogP contribution in [0.25, 0.3) is 0 Å². The second-order valence-electron chi connectivity index (χ2n) is 3.16. The minimum absolute atomic E-state index is 0.146. The number of hydrogen-bond donors (Lipinski definition) is 0. The van der Waals surface area contributed by atoms with Crippen LogP contribution in [0.1, 0.15) is 33.6 Å². The minimum atomic E-state index is -0.174. The van der Waals surface area contributed by atoms with Gasteiger partial charge in [-0.2, -0.15) is 0 Å². The lowest BCUT2D eigenvalue weighted by molar-refractivity contribution is -0.302. The van der Waals surface area contributed by atoms with Crippen LogP contribution in [0.3, 0.4) is 0 Å². The van der Waals surface area contributed by atoms with Gasteiger partial charge >= 0.3 is 0 Å². The zero-order valence-corrected chi connectivity index (χ0v) is 7.37. The third-order valence-electron chi connectivity index (χ3n) is 1.61. The van der Waals surface area contributed by atoms with Crippen LogP contribution < -0.4 is 0 Å². The lowest BCUT2D eigenvalue weighted by Crippen LogP contribution is -2.17. The molecule has 0 aromatic heterocycles. The molecule has 3 nitrogen and oxygen atoms in total. The van der Waals surface area contributed by atoms with E-state index in [1.807, 2.05) is 13.8 Å². The summed E-state index contributed by atoms with van der Waals surface area (Å²) in [7, 11) is 0. The average Bonchev–Trinajstić information content (AvgIpc) is 2.37. The predicted octanol–water partition coefficient (Wildman–Crippen LogP) is 2.07. The molecule has 66 valence electrons. The van der Waals surface area contributed by atoms with Gasteiger partial charge in [0.05, 0.1) is 0 Å². The monoisotopic (exact) mass is 160 g/mol. The highest BCUT2D eigenvalue weighted by atomic mass is 17.3. The molecule has 1 aliphatic heterocycles. The molecule has 1 fully saturated rings. The van der Waals surface area contributed by atoms with Crippen LogP contribution in [-0.2, 0) is 14.5 Å². The summed E-state index contributed by atoms with van der Waals surface area (Å²) in [6.45, 7) is 6.18. The molecular formula is C8H16O3. The standard InChI is InChI=1S/C8H16O3/c1-4-5-7-9-8(6(2)3)11-10-7/h6-8H,4-5H2,1-3H3/t7-,8+/m1/s1. The molecule has 0 radical (unpaired) electrons. The third kappa shape index (κ3) is 2.43. The zero-order valence-electron chi connectivity index (χ0n) is 7.37. The van der Waals surface area contributed by atoms with Gasteiger partial charge in [-0.25, -0.2) is 9.78 Å². The first-order chi connectivity index (χ1) is 5.24. The fraction of sp³-hybridized carbons (Fsp3) is 1.00. The molecule has 0 N–H and O–H groups in total. The molecule has 0 unspecified atom stereocenters. The second-order valence-corrected chi connectivity index (χ2v) is 3.16. The summed E-state index contributed by atoms with van der Waals surface area (Å²) < 4.78 is 5.42. The quantitative estimate of drug-likeness (QED) is 0.591. The van der Waals surface area contributed by atoms with Crippen LogP contribution in [0, 0.1) is 5.92 Å². The highest BCUT2D eigenvalue weighted by Gasteiger charge is 2.29. The number of ether oxygens (including phenoxy) is 1. The molecule has 1 saturated heterocycles. The highest BCUT2D eigenvalue weighted by Crippen LogP contribution is 2.22. The van der Waals surface area contributed by atoms with Crippen molar-refractivity contribution in [1.29, 1.82) is 0 Å². The van der Waals surface area contributed by atoms with Crippen molar-refractivity contribution in [3.05, 3.63) is 0 Å². The van der Waals surface area contributed by atoms with Crippen LogP contribution in [0.4, 0.5) is 0 Å². The second kappa shape index (κ2) is 4.04. The smallest absolute Gasteiger partial charge is 0.196 e. The van der Waals surface area contributed by atoms with Gasteiger partial charge < -0.3 is 4.74 Å². The first-order valence-corrected chi connectivity index (χ1v) is 4.21. The SMILES string of the molecule is CCC[C@H]1OO[C@@H](C(C)C)O1. The van der Waals surface area contributed by atoms with Gasteiger partial charge in [0, 0.05) is 12.3 Å². The zero-order chi connectivity index (χ0) is 8.27. The summed E-state index contributed by atoms with van der Waals surface area (Å²) in [6.07, 6.45) is 1.64. The molecule has 0 saturated carbocycles. The summed E-state index contributed by atoms with van der Waals surface area (Å²) in [5.74, 6) is 0.358. The predicted molar refractivity (Wildman–Crippen MR) is 40.6 cm³/mol. The summed E-state index contributed by atoms with van der Waals surface area (Å²) in [6, 6.07) is 0. The van der Waals surface area contributed by atoms with Crippen LogP contribution in [0.15, 0.2) is 0 Å². The normalized spacial score (nSPS) is 31.6. The Morgan fingerprint density at radius 2 is 2.00 bits per heavy atom. The van der Waals surface area contributed by atoms with Crippen molar-refractivity contribution >= 4 is 0 Å². The van der Waals surface area contributed by atoms with Crippen LogP contribution in [0.2, 0.25) is 0 Å². The molecule has 1 heterocycles. The Hall–Kier alpha value is -0.120. The molecule has 0 amide bonds. The molecule has 3 heteroatoms. The molecular weight excluding hydrogens is 144 g/mol. The van der Waals surface area contributed by atoms with E-state index in [-0.39, 0.29) is 12.6 Å². The Balaban J connectivity index is 2.23. The van der Waals surface area contributed by atoms with E-state index in [4.69, 9.17) is 14.5 Å². The van der Waals surface area contributed by atoms with E-state index < -0.39 is 0 Å². The Labute approximate surface area is 67.6 Å². The van der Waals surface area contributed by atoms with E-state index in [0.29, 0.717) is 5.92 Å². The molecule has 1 rings (SSSR count). The summed E-state index contributed by atoms with van der Waals surface area (Å²) >= 11 is 0. The van der Waals surface area contributed by atoms with Gasteiger partial charge in [-0.1, -0.05) is 27.2 Å². The summed E-state index contributed by atoms with van der Waals surface area (Å²) in [5, 5.41) is 0. The van der Waals surface area contributed by atoms with Crippen molar-refractivity contribution in [1.82, 2.24) is 0 Å². The van der Waals surface area contributed by atoms with Gasteiger partial charge in [0.15, 0.2) is 12.6 Å². The van der Waals surface area contributed by atoms with Crippen molar-refractivity contribution in [2.45, 2.75) is 46.2 Å². The van der Waals surface area contributed by atoms with Gasteiger partial charge in [-0.3, -0.25) is 0 Å². The molecule has 1 aliphatic rings. The lowest BCUT2D eigenvalue weighted by atomic mass is 10.2. The molecule has 0 aromatic carbocycles. The maximum Gasteiger partial charge on any atom is 0.196 e. The first kappa shape index (κ1) is 8.97. The van der Waals surface area contributed by atoms with Gasteiger partial charge in [-0.15, -0.1) is 0 Å². The third-order valence-corrected chi connectivity index (χ3v) is 1.61. The maximum absolute atomic E-state index is 5.42. The van der Waals surface area contributed by atoms with E-state index in [1.165, 1.54) is 0 Å². The van der Waals surface area contributed by atoms with E-state index in [0.717, 1.165) is 12.8 Å². The largest absolute Gasteiger partial charge is 0.317 e. The fourth-order valence-corrected chi connectivity index (χ4v) is 0.932. The van der Waals surface area contributed by atoms with Crippen molar-refractivity contribution in [2.75, 3.05) is 0 Å². The molecule has 0 spiro atoms. The minimum Gasteiger partial charge on any atom is -0.317 e. The van der Waals surface area contributed by atoms with Crippen molar-refractivity contribution in [3.63, 3.8) is 0 Å². The van der Waals surface area contributed by atoms with Gasteiger partial charge in [-0.05, 0) is 0 Å². The van der Waals surface area contributed by atoms with Gasteiger partial charge in [0.2, 0.25) is 0 Å². The first-order valence-electron chi connectivity index (χ1n) is 4.21. The topological polar surface area (TPSA) is 27.7 Å². The van der Waals surface area contributed by atoms with Crippen molar-refractivity contribution in [2.24, 2.45) is 5.92 Å². The van der Waals surface area contributed by atoms with Crippen molar-refractivity contribution < 1.29 is 14.5 Å². The summed E-state index contributed by atoms with van der Waals surface area (Å²) in [4.78, 5) is 9.90.